The molecule has 0 saturated heterocycles. The lowest BCUT2D eigenvalue weighted by Gasteiger charge is -1.99. The summed E-state index contributed by atoms with van der Waals surface area (Å²) in [5.41, 5.74) is 0. The second-order valence-corrected chi connectivity index (χ2v) is 1.37. The summed E-state index contributed by atoms with van der Waals surface area (Å²) in [6.45, 7) is 1.86. The molecule has 0 aromatic heterocycles. The van der Waals surface area contributed by atoms with E-state index in [0.29, 0.717) is 0 Å². The summed E-state index contributed by atoms with van der Waals surface area (Å²) in [4.78, 5) is 0. The minimum Gasteiger partial charge on any atom is -0.394 e. The first-order valence-corrected chi connectivity index (χ1v) is 2.43. The number of nitriles is 1. The molecule has 1 atom stereocenters. The van der Waals surface area contributed by atoms with Crippen molar-refractivity contribution in [3.8, 4) is 6.07 Å². The van der Waals surface area contributed by atoms with Gasteiger partial charge in [0.05, 0.1) is 19.3 Å². The molecule has 0 amide bonds. The van der Waals surface area contributed by atoms with Crippen molar-refractivity contribution in [1.82, 2.24) is 0 Å². The Kier molecular flexibility index (Phi) is 4.23. The third kappa shape index (κ3) is 3.59. The number of hydrogen-bond acceptors (Lipinski definition) is 3. The molecule has 0 heterocycles. The van der Waals surface area contributed by atoms with Crippen LogP contribution in [0, 0.1) is 11.3 Å². The van der Waals surface area contributed by atoms with Crippen molar-refractivity contribution in [3.05, 3.63) is 0 Å². The molecule has 3 heteroatoms. The van der Waals surface area contributed by atoms with E-state index in [1.807, 2.05) is 6.07 Å². The van der Waals surface area contributed by atoms with Crippen LogP contribution >= 0.6 is 0 Å². The maximum Gasteiger partial charge on any atom is 0.141 e. The first-order chi connectivity index (χ1) is 3.81. The fourth-order valence-corrected chi connectivity index (χ4v) is 0.267. The largest absolute Gasteiger partial charge is 0.394 e. The molecule has 0 radical (unpaired) electrons. The van der Waals surface area contributed by atoms with Crippen molar-refractivity contribution in [2.45, 2.75) is 13.0 Å². The molecule has 0 aromatic rings. The molecular formula is C5H9NO2. The van der Waals surface area contributed by atoms with E-state index in [0.717, 1.165) is 0 Å². The average molecular weight is 115 g/mol. The van der Waals surface area contributed by atoms with Gasteiger partial charge >= 0.3 is 0 Å². The summed E-state index contributed by atoms with van der Waals surface area (Å²) in [6.07, 6.45) is -0.401. The number of ether oxygens (including phenoxy) is 1. The predicted molar refractivity (Wildman–Crippen MR) is 28.1 cm³/mol. The van der Waals surface area contributed by atoms with Crippen molar-refractivity contribution < 1.29 is 9.84 Å². The quantitative estimate of drug-likeness (QED) is 0.559. The molecule has 0 saturated carbocycles. The van der Waals surface area contributed by atoms with Crippen LogP contribution in [0.1, 0.15) is 6.92 Å². The Hall–Kier alpha value is -0.590. The Morgan fingerprint density at radius 2 is 2.50 bits per heavy atom. The van der Waals surface area contributed by atoms with Gasteiger partial charge in [0.15, 0.2) is 0 Å². The Morgan fingerprint density at radius 1 is 1.88 bits per heavy atom. The Morgan fingerprint density at radius 3 is 2.88 bits per heavy atom. The van der Waals surface area contributed by atoms with Crippen LogP contribution in [-0.4, -0.2) is 24.4 Å². The van der Waals surface area contributed by atoms with Crippen molar-refractivity contribution in [1.29, 1.82) is 5.26 Å². The minimum atomic E-state index is -0.401. The van der Waals surface area contributed by atoms with E-state index in [1.165, 1.54) is 0 Å². The van der Waals surface area contributed by atoms with E-state index in [1.54, 1.807) is 6.92 Å². The zero-order valence-corrected chi connectivity index (χ0v) is 4.79. The van der Waals surface area contributed by atoms with Gasteiger partial charge in [-0.3, -0.25) is 0 Å². The maximum atomic E-state index is 8.18. The number of aliphatic hydroxyl groups excluding tert-OH is 1. The summed E-state index contributed by atoms with van der Waals surface area (Å²) in [7, 11) is 0. The molecule has 0 bridgehead atoms. The first kappa shape index (κ1) is 7.41. The highest BCUT2D eigenvalue weighted by molar-refractivity contribution is 4.78. The van der Waals surface area contributed by atoms with E-state index in [2.05, 4.69) is 0 Å². The van der Waals surface area contributed by atoms with Gasteiger partial charge in [-0.2, -0.15) is 5.26 Å². The Labute approximate surface area is 48.5 Å². The van der Waals surface area contributed by atoms with Gasteiger partial charge in [-0.25, -0.2) is 0 Å². The molecule has 0 aliphatic rings. The van der Waals surface area contributed by atoms with Gasteiger partial charge in [0.25, 0.3) is 0 Å². The molecule has 0 unspecified atom stereocenters. The van der Waals surface area contributed by atoms with Crippen molar-refractivity contribution in [2.24, 2.45) is 0 Å². The molecule has 0 fully saturated rings. The molecule has 0 spiro atoms. The van der Waals surface area contributed by atoms with Crippen molar-refractivity contribution in [2.75, 3.05) is 13.2 Å². The summed E-state index contributed by atoms with van der Waals surface area (Å²) in [5.74, 6) is 0. The highest BCUT2D eigenvalue weighted by Gasteiger charge is 1.94. The van der Waals surface area contributed by atoms with Gasteiger partial charge < -0.3 is 9.84 Å². The fourth-order valence-electron chi connectivity index (χ4n) is 0.267. The SMILES string of the molecule is C[C@@H](C#N)OCCO. The second-order valence-electron chi connectivity index (χ2n) is 1.37. The predicted octanol–water partition coefficient (Wildman–Crippen LogP) is -0.0926. The van der Waals surface area contributed by atoms with E-state index in [4.69, 9.17) is 15.1 Å². The highest BCUT2D eigenvalue weighted by Crippen LogP contribution is 1.84. The van der Waals surface area contributed by atoms with E-state index >= 15 is 0 Å². The maximum absolute atomic E-state index is 8.18. The number of rotatable bonds is 3. The topological polar surface area (TPSA) is 53.2 Å². The van der Waals surface area contributed by atoms with Crippen LogP contribution in [0.25, 0.3) is 0 Å². The monoisotopic (exact) mass is 115 g/mol. The number of aliphatic hydroxyl groups is 1. The summed E-state index contributed by atoms with van der Waals surface area (Å²) >= 11 is 0. The van der Waals surface area contributed by atoms with Gasteiger partial charge in [-0.15, -0.1) is 0 Å². The molecular weight excluding hydrogens is 106 g/mol. The number of nitrogens with zero attached hydrogens (tertiary/aromatic N) is 1. The third-order valence-corrected chi connectivity index (χ3v) is 0.641. The van der Waals surface area contributed by atoms with Crippen molar-refractivity contribution in [3.63, 3.8) is 0 Å². The van der Waals surface area contributed by atoms with Crippen LogP contribution in [0.3, 0.4) is 0 Å². The van der Waals surface area contributed by atoms with Crippen LogP contribution < -0.4 is 0 Å². The molecule has 0 aromatic carbocycles. The minimum absolute atomic E-state index is 0.0218. The van der Waals surface area contributed by atoms with E-state index < -0.39 is 6.10 Å². The van der Waals surface area contributed by atoms with E-state index in [-0.39, 0.29) is 13.2 Å². The molecule has 1 N–H and O–H groups in total. The van der Waals surface area contributed by atoms with Crippen LogP contribution in [0.5, 0.6) is 0 Å². The zero-order chi connectivity index (χ0) is 6.41. The van der Waals surface area contributed by atoms with Gasteiger partial charge in [0.1, 0.15) is 6.10 Å². The molecule has 3 nitrogen and oxygen atoms in total. The molecule has 0 rings (SSSR count). The molecule has 0 aliphatic carbocycles. The molecule has 0 aliphatic heterocycles. The van der Waals surface area contributed by atoms with Crippen molar-refractivity contribution >= 4 is 0 Å². The smallest absolute Gasteiger partial charge is 0.141 e. The number of hydrogen-bond donors (Lipinski definition) is 1. The van der Waals surface area contributed by atoms with Gasteiger partial charge in [0, 0.05) is 0 Å². The highest BCUT2D eigenvalue weighted by atomic mass is 16.5. The molecule has 46 valence electrons. The first-order valence-electron chi connectivity index (χ1n) is 2.43. The van der Waals surface area contributed by atoms with Gasteiger partial charge in [-0.05, 0) is 6.92 Å². The van der Waals surface area contributed by atoms with Crippen LogP contribution in [-0.2, 0) is 4.74 Å². The fraction of sp³-hybridized carbons (Fsp3) is 0.800. The standard InChI is InChI=1S/C5H9NO2/c1-5(4-6)8-3-2-7/h5,7H,2-3H2,1H3/t5-/m0/s1. The Bertz CT molecular complexity index is 86.9. The summed E-state index contributed by atoms with van der Waals surface area (Å²) in [5, 5.41) is 16.3. The lowest BCUT2D eigenvalue weighted by atomic mass is 10.5. The lowest BCUT2D eigenvalue weighted by Crippen LogP contribution is -2.08. The second kappa shape index (κ2) is 4.57. The normalized spacial score (nSPS) is 12.6. The summed E-state index contributed by atoms with van der Waals surface area (Å²) in [6, 6.07) is 1.87. The van der Waals surface area contributed by atoms with Crippen LogP contribution in [0.15, 0.2) is 0 Å². The van der Waals surface area contributed by atoms with Crippen LogP contribution in [0.4, 0.5) is 0 Å². The van der Waals surface area contributed by atoms with Gasteiger partial charge in [0.2, 0.25) is 0 Å². The van der Waals surface area contributed by atoms with Crippen LogP contribution in [0.2, 0.25) is 0 Å². The zero-order valence-electron chi connectivity index (χ0n) is 4.79. The summed E-state index contributed by atoms with van der Waals surface area (Å²) < 4.78 is 4.73. The lowest BCUT2D eigenvalue weighted by molar-refractivity contribution is 0.0678. The molecule has 8 heavy (non-hydrogen) atoms. The average Bonchev–Trinajstić information content (AvgIpc) is 1.83. The van der Waals surface area contributed by atoms with E-state index in [9.17, 15) is 0 Å². The third-order valence-electron chi connectivity index (χ3n) is 0.641. The van der Waals surface area contributed by atoms with Gasteiger partial charge in [-0.1, -0.05) is 0 Å². The Balaban J connectivity index is 3.02.